The van der Waals surface area contributed by atoms with Crippen LogP contribution < -0.4 is 10.6 Å². The summed E-state index contributed by atoms with van der Waals surface area (Å²) in [5.74, 6) is -0.150. The van der Waals surface area contributed by atoms with Gasteiger partial charge >= 0.3 is 23.9 Å². The molecule has 86 heavy (non-hydrogen) atoms. The monoisotopic (exact) mass is 1220 g/mol. The quantitative estimate of drug-likeness (QED) is 0.0188. The van der Waals surface area contributed by atoms with Crippen molar-refractivity contribution >= 4 is 35.7 Å². The van der Waals surface area contributed by atoms with Gasteiger partial charge in [-0.25, -0.2) is 0 Å². The van der Waals surface area contributed by atoms with Crippen LogP contribution in [0.25, 0.3) is 0 Å². The molecule has 1 fully saturated rings. The third-order valence-electron chi connectivity index (χ3n) is 17.3. The molecule has 18 heteroatoms. The van der Waals surface area contributed by atoms with Crippen molar-refractivity contribution in [1.82, 2.24) is 20.4 Å². The molecule has 1 heterocycles. The summed E-state index contributed by atoms with van der Waals surface area (Å²) in [6, 6.07) is -1.41. The van der Waals surface area contributed by atoms with Crippen molar-refractivity contribution in [3.8, 4) is 0 Å². The maximum atomic E-state index is 13.4. The van der Waals surface area contributed by atoms with Crippen molar-refractivity contribution in [3.05, 3.63) is 0 Å². The molecular formula is C68H128N4O14. The molecule has 2 amide bonds. The van der Waals surface area contributed by atoms with Crippen LogP contribution in [-0.4, -0.2) is 168 Å². The van der Waals surface area contributed by atoms with Crippen LogP contribution in [0, 0.1) is 23.7 Å². The van der Waals surface area contributed by atoms with Gasteiger partial charge in [0.05, 0.1) is 50.8 Å². The van der Waals surface area contributed by atoms with E-state index in [1.54, 1.807) is 0 Å². The topological polar surface area (TPSA) is 251 Å². The van der Waals surface area contributed by atoms with Gasteiger partial charge in [-0.15, -0.1) is 0 Å². The Morgan fingerprint density at radius 1 is 0.372 bits per heavy atom. The van der Waals surface area contributed by atoms with Gasteiger partial charge in [-0.05, 0) is 152 Å². The highest BCUT2D eigenvalue weighted by Crippen LogP contribution is 2.20. The van der Waals surface area contributed by atoms with Crippen molar-refractivity contribution in [2.45, 2.75) is 310 Å². The Bertz CT molecular complexity index is 1530. The van der Waals surface area contributed by atoms with Crippen molar-refractivity contribution in [3.63, 3.8) is 0 Å². The normalized spacial score (nSPS) is 17.3. The number of esters is 4. The predicted molar refractivity (Wildman–Crippen MR) is 341 cm³/mol. The standard InChI is InChI=1S/C68H128N4O14/c1-9-17-29-53(13-5)49-83-63(77)39-25-33-57(73)45-71(46-58(74)34-26-40-64(78)84-50-54(14-6)30-18-10-2)43-23-21-37-61-67(81)70-62(68(82)69-61)38-22-24-44-72(47-59(75)35-27-41-65(79)85-51-55(15-7)31-19-11-3)48-60(76)36-28-42-66(80)86-52-56(16-8)32-20-12-4/h53-62,73-76H,9-52H2,1-8H3,(H,69,82)(H,70,81). The third-order valence-corrected chi connectivity index (χ3v) is 17.3. The summed E-state index contributed by atoms with van der Waals surface area (Å²) in [7, 11) is 0. The second-order valence-corrected chi connectivity index (χ2v) is 25.2. The molecule has 1 aliphatic rings. The lowest BCUT2D eigenvalue weighted by Crippen LogP contribution is -2.61. The predicted octanol–water partition coefficient (Wildman–Crippen LogP) is 11.1. The first-order valence-electron chi connectivity index (χ1n) is 34.8. The van der Waals surface area contributed by atoms with E-state index in [9.17, 15) is 49.2 Å². The average molecular weight is 1230 g/mol. The molecule has 0 saturated carbocycles. The van der Waals surface area contributed by atoms with Crippen LogP contribution in [0.15, 0.2) is 0 Å². The van der Waals surface area contributed by atoms with E-state index in [-0.39, 0.29) is 87.6 Å². The molecule has 1 saturated heterocycles. The van der Waals surface area contributed by atoms with E-state index >= 15 is 0 Å². The van der Waals surface area contributed by atoms with Gasteiger partial charge in [0.2, 0.25) is 11.8 Å². The SMILES string of the molecule is CCCCC(CC)COC(=O)CCCC(O)CN(CCCCC1NC(=O)C(CCCCN(CC(O)CCCC(=O)OCC(CC)CCCC)CC(O)CCCC(=O)OCC(CC)CCCC)NC1=O)CC(O)CCCC(=O)OCC(CC)CCCC. The third kappa shape index (κ3) is 41.7. The molecule has 18 nitrogen and oxygen atoms in total. The zero-order valence-electron chi connectivity index (χ0n) is 55.7. The number of rotatable bonds is 58. The molecular weight excluding hydrogens is 1100 g/mol. The lowest BCUT2D eigenvalue weighted by atomic mass is 10.0. The number of nitrogens with zero attached hydrogens (tertiary/aromatic N) is 2. The molecule has 0 radical (unpaired) electrons. The van der Waals surface area contributed by atoms with Crippen molar-refractivity contribution in [2.75, 3.05) is 65.7 Å². The Hall–Kier alpha value is -3.42. The Morgan fingerprint density at radius 2 is 0.616 bits per heavy atom. The Balaban J connectivity index is 2.83. The number of nitrogens with one attached hydrogen (secondary N) is 2. The zero-order valence-corrected chi connectivity index (χ0v) is 55.7. The largest absolute Gasteiger partial charge is 0.465 e. The molecule has 0 spiro atoms. The fourth-order valence-electron chi connectivity index (χ4n) is 11.2. The first kappa shape index (κ1) is 80.6. The van der Waals surface area contributed by atoms with Crippen LogP contribution in [0.2, 0.25) is 0 Å². The number of unbranched alkanes of at least 4 members (excludes halogenated alkanes) is 6. The highest BCUT2D eigenvalue weighted by atomic mass is 16.5. The van der Waals surface area contributed by atoms with Crippen molar-refractivity contribution in [2.24, 2.45) is 23.7 Å². The van der Waals surface area contributed by atoms with E-state index in [4.69, 9.17) is 18.9 Å². The second-order valence-electron chi connectivity index (χ2n) is 25.2. The molecule has 6 N–H and O–H groups in total. The van der Waals surface area contributed by atoms with Crippen molar-refractivity contribution in [1.29, 1.82) is 0 Å². The smallest absolute Gasteiger partial charge is 0.305 e. The van der Waals surface area contributed by atoms with Crippen molar-refractivity contribution < 1.29 is 68.1 Å². The molecule has 0 aromatic carbocycles. The van der Waals surface area contributed by atoms with Gasteiger partial charge in [-0.1, -0.05) is 132 Å². The number of carbonyl (C=O) groups excluding carboxylic acids is 6. The number of amides is 2. The van der Waals surface area contributed by atoms with Crippen LogP contribution in [0.3, 0.4) is 0 Å². The summed E-state index contributed by atoms with van der Waals surface area (Å²) in [6.07, 6.45) is 21.3. The molecule has 0 aliphatic carbocycles. The summed E-state index contributed by atoms with van der Waals surface area (Å²) < 4.78 is 22.3. The summed E-state index contributed by atoms with van der Waals surface area (Å²) in [5.41, 5.74) is 0. The Labute approximate surface area is 521 Å². The fraction of sp³-hybridized carbons (Fsp3) is 0.912. The number of carbonyl (C=O) groups is 6. The van der Waals surface area contributed by atoms with Gasteiger partial charge in [-0.3, -0.25) is 38.6 Å². The van der Waals surface area contributed by atoms with E-state index < -0.39 is 36.5 Å². The highest BCUT2D eigenvalue weighted by Gasteiger charge is 2.33. The minimum absolute atomic E-state index is 0.214. The van der Waals surface area contributed by atoms with Crippen LogP contribution >= 0.6 is 0 Å². The Kier molecular flexibility index (Phi) is 49.1. The molecule has 1 rings (SSSR count). The van der Waals surface area contributed by atoms with Gasteiger partial charge in [-0.2, -0.15) is 0 Å². The van der Waals surface area contributed by atoms with E-state index in [0.29, 0.717) is 153 Å². The lowest BCUT2D eigenvalue weighted by molar-refractivity contribution is -0.146. The van der Waals surface area contributed by atoms with Gasteiger partial charge < -0.3 is 50.0 Å². The lowest BCUT2D eigenvalue weighted by Gasteiger charge is -2.31. The van der Waals surface area contributed by atoms with E-state index in [1.807, 2.05) is 9.80 Å². The molecule has 10 unspecified atom stereocenters. The van der Waals surface area contributed by atoms with Gasteiger partial charge in [0.15, 0.2) is 0 Å². The summed E-state index contributed by atoms with van der Waals surface area (Å²) in [6.45, 7) is 20.8. The first-order chi connectivity index (χ1) is 41.4. The molecule has 1 aliphatic heterocycles. The number of piperazine rings is 1. The second kappa shape index (κ2) is 52.4. The zero-order chi connectivity index (χ0) is 63.7. The van der Waals surface area contributed by atoms with Gasteiger partial charge in [0.25, 0.3) is 0 Å². The van der Waals surface area contributed by atoms with E-state index in [1.165, 1.54) is 0 Å². The number of hydrogen-bond donors (Lipinski definition) is 6. The minimum Gasteiger partial charge on any atom is -0.465 e. The highest BCUT2D eigenvalue weighted by molar-refractivity contribution is 5.96. The van der Waals surface area contributed by atoms with E-state index in [0.717, 1.165) is 103 Å². The van der Waals surface area contributed by atoms with Crippen LogP contribution in [-0.2, 0) is 47.7 Å². The van der Waals surface area contributed by atoms with E-state index in [2.05, 4.69) is 66.0 Å². The molecule has 10 atom stereocenters. The molecule has 0 aromatic heterocycles. The number of hydrogen-bond acceptors (Lipinski definition) is 16. The van der Waals surface area contributed by atoms with Gasteiger partial charge in [0.1, 0.15) is 12.1 Å². The summed E-state index contributed by atoms with van der Waals surface area (Å²) in [4.78, 5) is 81.1. The van der Waals surface area contributed by atoms with Crippen LogP contribution in [0.5, 0.6) is 0 Å². The Morgan fingerprint density at radius 3 is 0.837 bits per heavy atom. The fourth-order valence-corrected chi connectivity index (χ4v) is 11.2. The first-order valence-corrected chi connectivity index (χ1v) is 34.8. The van der Waals surface area contributed by atoms with Crippen LogP contribution in [0.1, 0.15) is 274 Å². The summed E-state index contributed by atoms with van der Waals surface area (Å²) in [5, 5.41) is 50.4. The summed E-state index contributed by atoms with van der Waals surface area (Å²) >= 11 is 0. The number of ether oxygens (including phenoxy) is 4. The molecule has 0 bridgehead atoms. The van der Waals surface area contributed by atoms with Crippen LogP contribution in [0.4, 0.5) is 0 Å². The molecule has 504 valence electrons. The van der Waals surface area contributed by atoms with Gasteiger partial charge in [0, 0.05) is 51.9 Å². The number of aliphatic hydroxyl groups is 4. The maximum Gasteiger partial charge on any atom is 0.305 e. The minimum atomic E-state index is -0.751. The average Bonchev–Trinajstić information content (AvgIpc) is 3.55. The number of aliphatic hydroxyl groups excluding tert-OH is 4. The maximum absolute atomic E-state index is 13.4. The molecule has 0 aromatic rings.